The molecule has 0 fully saturated rings. The normalized spacial score (nSPS) is 10.6. The summed E-state index contributed by atoms with van der Waals surface area (Å²) >= 11 is 6.07. The van der Waals surface area contributed by atoms with E-state index in [4.69, 9.17) is 20.9 Å². The maximum atomic E-state index is 12.8. The van der Waals surface area contributed by atoms with Gasteiger partial charge in [-0.2, -0.15) is 4.98 Å². The van der Waals surface area contributed by atoms with E-state index in [0.717, 1.165) is 0 Å². The molecule has 7 heteroatoms. The summed E-state index contributed by atoms with van der Waals surface area (Å²) in [6.07, 6.45) is 0.765. The van der Waals surface area contributed by atoms with Gasteiger partial charge in [0.15, 0.2) is 5.78 Å². The Hall–Kier alpha value is -2.73. The van der Waals surface area contributed by atoms with Crippen molar-refractivity contribution in [2.24, 2.45) is 0 Å². The summed E-state index contributed by atoms with van der Waals surface area (Å²) in [5.41, 5.74) is 1.12. The highest BCUT2D eigenvalue weighted by atomic mass is 35.5. The Labute approximate surface area is 148 Å². The summed E-state index contributed by atoms with van der Waals surface area (Å²) in [6.45, 7) is 0.247. The first-order valence-electron chi connectivity index (χ1n) is 7.63. The predicted molar refractivity (Wildman–Crippen MR) is 90.2 cm³/mol. The molecule has 0 aliphatic heterocycles. The predicted octanol–water partition coefficient (Wildman–Crippen LogP) is 4.57. The van der Waals surface area contributed by atoms with Crippen LogP contribution in [0.25, 0.3) is 11.4 Å². The highest BCUT2D eigenvalue weighted by Gasteiger charge is 2.12. The van der Waals surface area contributed by atoms with Crippen LogP contribution < -0.4 is 4.74 Å². The first kappa shape index (κ1) is 17.1. The van der Waals surface area contributed by atoms with Gasteiger partial charge in [0.1, 0.15) is 5.82 Å². The first-order valence-corrected chi connectivity index (χ1v) is 8.01. The van der Waals surface area contributed by atoms with Crippen molar-refractivity contribution in [3.63, 3.8) is 0 Å². The number of rotatable bonds is 7. The molecule has 0 aliphatic carbocycles. The maximum absolute atomic E-state index is 12.8. The molecule has 0 spiro atoms. The molecule has 0 saturated heterocycles. The summed E-state index contributed by atoms with van der Waals surface area (Å²) in [7, 11) is 0. The van der Waals surface area contributed by atoms with Crippen molar-refractivity contribution in [3.05, 3.63) is 64.9 Å². The quantitative estimate of drug-likeness (QED) is 0.456. The van der Waals surface area contributed by atoms with Gasteiger partial charge in [-0.1, -0.05) is 28.9 Å². The van der Waals surface area contributed by atoms with E-state index in [0.29, 0.717) is 28.4 Å². The summed E-state index contributed by atoms with van der Waals surface area (Å²) in [5.74, 6) is -0.112. The van der Waals surface area contributed by atoms with Crippen molar-refractivity contribution in [1.29, 1.82) is 0 Å². The van der Waals surface area contributed by atoms with E-state index in [9.17, 15) is 9.18 Å². The fourth-order valence-electron chi connectivity index (χ4n) is 2.19. The molecule has 1 aromatic heterocycles. The number of Topliss-reactive ketones (excluding diaryl/α,β-unsaturated/α-hetero) is 1. The molecule has 1 heterocycles. The number of halogens is 2. The van der Waals surface area contributed by atoms with Crippen molar-refractivity contribution >= 4 is 17.4 Å². The van der Waals surface area contributed by atoms with Crippen LogP contribution in [-0.2, 0) is 0 Å². The number of carbonyl (C=O) groups excluding carboxylic acids is 1. The SMILES string of the molecule is O=C(CCCOc1nc(-c2ccccc2Cl)no1)c1ccc(F)cc1. The van der Waals surface area contributed by atoms with Crippen LogP contribution in [0.15, 0.2) is 53.1 Å². The summed E-state index contributed by atoms with van der Waals surface area (Å²) in [5, 5.41) is 4.33. The lowest BCUT2D eigenvalue weighted by Gasteiger charge is -2.01. The molecule has 128 valence electrons. The molecule has 0 unspecified atom stereocenters. The molecule has 0 aliphatic rings. The van der Waals surface area contributed by atoms with E-state index in [1.807, 2.05) is 12.1 Å². The van der Waals surface area contributed by atoms with Gasteiger partial charge in [-0.3, -0.25) is 9.32 Å². The fourth-order valence-corrected chi connectivity index (χ4v) is 2.41. The standard InChI is InChI=1S/C18H14ClFN2O3/c19-15-5-2-1-4-14(15)17-21-18(25-22-17)24-11-3-6-16(23)12-7-9-13(20)10-8-12/h1-2,4-5,7-10H,3,6,11H2. The second-order valence-electron chi connectivity index (χ2n) is 5.25. The van der Waals surface area contributed by atoms with Crippen LogP contribution in [0.4, 0.5) is 4.39 Å². The first-order chi connectivity index (χ1) is 12.1. The third kappa shape index (κ3) is 4.42. The second kappa shape index (κ2) is 7.90. The summed E-state index contributed by atoms with van der Waals surface area (Å²) < 4.78 is 23.2. The Balaban J connectivity index is 1.49. The van der Waals surface area contributed by atoms with E-state index >= 15 is 0 Å². The Kier molecular flexibility index (Phi) is 5.40. The van der Waals surface area contributed by atoms with Gasteiger partial charge in [-0.05, 0) is 42.8 Å². The zero-order valence-electron chi connectivity index (χ0n) is 13.1. The van der Waals surface area contributed by atoms with Gasteiger partial charge in [-0.25, -0.2) is 4.39 Å². The van der Waals surface area contributed by atoms with Crippen molar-refractivity contribution in [3.8, 4) is 17.5 Å². The van der Waals surface area contributed by atoms with Gasteiger partial charge in [0.25, 0.3) is 0 Å². The van der Waals surface area contributed by atoms with E-state index in [1.165, 1.54) is 24.3 Å². The largest absolute Gasteiger partial charge is 0.449 e. The van der Waals surface area contributed by atoms with Gasteiger partial charge in [-0.15, -0.1) is 0 Å². The molecule has 3 aromatic rings. The Morgan fingerprint density at radius 3 is 2.68 bits per heavy atom. The molecule has 0 bridgehead atoms. The molecule has 5 nitrogen and oxygen atoms in total. The molecule has 25 heavy (non-hydrogen) atoms. The molecule has 3 rings (SSSR count). The summed E-state index contributed by atoms with van der Waals surface area (Å²) in [6, 6.07) is 12.6. The fraction of sp³-hybridized carbons (Fsp3) is 0.167. The van der Waals surface area contributed by atoms with Gasteiger partial charge in [0.05, 0.1) is 11.6 Å². The van der Waals surface area contributed by atoms with Gasteiger partial charge < -0.3 is 4.74 Å². The topological polar surface area (TPSA) is 65.2 Å². The van der Waals surface area contributed by atoms with E-state index in [2.05, 4.69) is 10.1 Å². The minimum atomic E-state index is -0.370. The van der Waals surface area contributed by atoms with Crippen LogP contribution in [-0.4, -0.2) is 22.5 Å². The molecule has 0 radical (unpaired) electrons. The lowest BCUT2D eigenvalue weighted by atomic mass is 10.1. The number of ether oxygens (including phenoxy) is 1. The third-order valence-electron chi connectivity index (χ3n) is 3.46. The van der Waals surface area contributed by atoms with Crippen molar-refractivity contribution in [1.82, 2.24) is 10.1 Å². The monoisotopic (exact) mass is 360 g/mol. The number of ketones is 1. The smallest absolute Gasteiger partial charge is 0.417 e. The minimum Gasteiger partial charge on any atom is -0.449 e. The number of hydrogen-bond acceptors (Lipinski definition) is 5. The van der Waals surface area contributed by atoms with E-state index < -0.39 is 0 Å². The second-order valence-corrected chi connectivity index (χ2v) is 5.65. The molecule has 2 aromatic carbocycles. The van der Waals surface area contributed by atoms with Crippen LogP contribution >= 0.6 is 11.6 Å². The highest BCUT2D eigenvalue weighted by molar-refractivity contribution is 6.33. The van der Waals surface area contributed by atoms with E-state index in [-0.39, 0.29) is 30.7 Å². The van der Waals surface area contributed by atoms with Gasteiger partial charge in [0.2, 0.25) is 5.82 Å². The molecule has 0 amide bonds. The minimum absolute atomic E-state index is 0.0177. The Morgan fingerprint density at radius 2 is 1.92 bits per heavy atom. The van der Waals surface area contributed by atoms with Crippen molar-refractivity contribution in [2.75, 3.05) is 6.61 Å². The number of nitrogens with zero attached hydrogens (tertiary/aromatic N) is 2. The lowest BCUT2D eigenvalue weighted by molar-refractivity contribution is 0.0968. The van der Waals surface area contributed by atoms with Crippen molar-refractivity contribution < 1.29 is 18.4 Å². The number of aromatic nitrogens is 2. The zero-order chi connectivity index (χ0) is 17.6. The number of benzene rings is 2. The highest BCUT2D eigenvalue weighted by Crippen LogP contribution is 2.26. The summed E-state index contributed by atoms with van der Waals surface area (Å²) in [4.78, 5) is 16.1. The Bertz CT molecular complexity index is 865. The molecule has 0 atom stereocenters. The molecular formula is C18H14ClFN2O3. The molecule has 0 saturated carbocycles. The molecule has 0 N–H and O–H groups in total. The number of hydrogen-bond donors (Lipinski definition) is 0. The van der Waals surface area contributed by atoms with Crippen LogP contribution in [0.2, 0.25) is 5.02 Å². The van der Waals surface area contributed by atoms with Crippen LogP contribution in [0.5, 0.6) is 6.08 Å². The van der Waals surface area contributed by atoms with Crippen molar-refractivity contribution in [2.45, 2.75) is 12.8 Å². The lowest BCUT2D eigenvalue weighted by Crippen LogP contribution is -2.04. The van der Waals surface area contributed by atoms with Crippen LogP contribution in [0.3, 0.4) is 0 Å². The number of carbonyl (C=O) groups is 1. The molecular weight excluding hydrogens is 347 g/mol. The van der Waals surface area contributed by atoms with Gasteiger partial charge in [0, 0.05) is 17.5 Å². The van der Waals surface area contributed by atoms with E-state index in [1.54, 1.807) is 12.1 Å². The average molecular weight is 361 g/mol. The average Bonchev–Trinajstić information content (AvgIpc) is 3.08. The van der Waals surface area contributed by atoms with Gasteiger partial charge >= 0.3 is 6.08 Å². The Morgan fingerprint density at radius 1 is 1.16 bits per heavy atom. The zero-order valence-corrected chi connectivity index (χ0v) is 13.9. The van der Waals surface area contributed by atoms with Crippen LogP contribution in [0.1, 0.15) is 23.2 Å². The maximum Gasteiger partial charge on any atom is 0.417 e. The van der Waals surface area contributed by atoms with Crippen LogP contribution in [0, 0.1) is 5.82 Å². The third-order valence-corrected chi connectivity index (χ3v) is 3.79.